The van der Waals surface area contributed by atoms with Crippen molar-refractivity contribution in [3.63, 3.8) is 0 Å². The second-order valence-electron chi connectivity index (χ2n) is 3.99. The van der Waals surface area contributed by atoms with Crippen molar-refractivity contribution in [3.8, 4) is 0 Å². The van der Waals surface area contributed by atoms with Crippen LogP contribution in [0.25, 0.3) is 0 Å². The number of rotatable bonds is 4. The highest BCUT2D eigenvalue weighted by Gasteiger charge is 1.98. The Balaban J connectivity index is 2.47. The van der Waals surface area contributed by atoms with Gasteiger partial charge in [-0.3, -0.25) is 0 Å². The summed E-state index contributed by atoms with van der Waals surface area (Å²) in [6, 6.07) is 6.33. The molecular formula is C12H18ClN. The molecule has 0 aliphatic heterocycles. The summed E-state index contributed by atoms with van der Waals surface area (Å²) < 4.78 is 0. The maximum Gasteiger partial charge on any atom is 0.0437 e. The van der Waals surface area contributed by atoms with E-state index in [9.17, 15) is 0 Å². The SMILES string of the molecule is Cc1ccc(CCCN(C)C)cc1Cl. The lowest BCUT2D eigenvalue weighted by Crippen LogP contribution is -2.13. The number of benzene rings is 1. The first kappa shape index (κ1) is 11.5. The Labute approximate surface area is 91.7 Å². The van der Waals surface area contributed by atoms with Crippen LogP contribution in [0.15, 0.2) is 18.2 Å². The molecule has 0 bridgehead atoms. The van der Waals surface area contributed by atoms with Crippen LogP contribution in [0.3, 0.4) is 0 Å². The Hall–Kier alpha value is -0.530. The molecule has 0 unspecified atom stereocenters. The topological polar surface area (TPSA) is 3.24 Å². The Morgan fingerprint density at radius 3 is 2.57 bits per heavy atom. The van der Waals surface area contributed by atoms with Gasteiger partial charge in [-0.25, -0.2) is 0 Å². The molecule has 14 heavy (non-hydrogen) atoms. The molecule has 0 radical (unpaired) electrons. The van der Waals surface area contributed by atoms with E-state index in [0.717, 1.165) is 23.6 Å². The van der Waals surface area contributed by atoms with Crippen LogP contribution in [0, 0.1) is 6.92 Å². The Bertz CT molecular complexity index is 294. The van der Waals surface area contributed by atoms with Crippen molar-refractivity contribution in [2.24, 2.45) is 0 Å². The average Bonchev–Trinajstić information content (AvgIpc) is 2.10. The molecule has 1 nitrogen and oxygen atoms in total. The van der Waals surface area contributed by atoms with Crippen LogP contribution in [0.4, 0.5) is 0 Å². The van der Waals surface area contributed by atoms with Crippen LogP contribution < -0.4 is 0 Å². The third-order valence-electron chi connectivity index (χ3n) is 2.31. The zero-order valence-electron chi connectivity index (χ0n) is 9.18. The summed E-state index contributed by atoms with van der Waals surface area (Å²) in [5.74, 6) is 0. The van der Waals surface area contributed by atoms with Crippen molar-refractivity contribution in [1.82, 2.24) is 4.90 Å². The first-order chi connectivity index (χ1) is 6.59. The van der Waals surface area contributed by atoms with Crippen LogP contribution in [0.2, 0.25) is 5.02 Å². The van der Waals surface area contributed by atoms with E-state index in [1.807, 2.05) is 6.92 Å². The summed E-state index contributed by atoms with van der Waals surface area (Å²) in [4.78, 5) is 2.20. The van der Waals surface area contributed by atoms with Crippen LogP contribution in [0.1, 0.15) is 17.5 Å². The van der Waals surface area contributed by atoms with Crippen molar-refractivity contribution in [1.29, 1.82) is 0 Å². The number of hydrogen-bond acceptors (Lipinski definition) is 1. The minimum absolute atomic E-state index is 0.882. The molecule has 0 N–H and O–H groups in total. The van der Waals surface area contributed by atoms with Gasteiger partial charge in [-0.2, -0.15) is 0 Å². The van der Waals surface area contributed by atoms with Gasteiger partial charge in [-0.15, -0.1) is 0 Å². The quantitative estimate of drug-likeness (QED) is 0.740. The minimum atomic E-state index is 0.882. The van der Waals surface area contributed by atoms with Gasteiger partial charge in [0.1, 0.15) is 0 Å². The van der Waals surface area contributed by atoms with Gasteiger partial charge in [0.2, 0.25) is 0 Å². The molecule has 0 amide bonds. The van der Waals surface area contributed by atoms with Crippen LogP contribution >= 0.6 is 11.6 Å². The van der Waals surface area contributed by atoms with E-state index >= 15 is 0 Å². The van der Waals surface area contributed by atoms with Crippen molar-refractivity contribution in [3.05, 3.63) is 34.3 Å². The van der Waals surface area contributed by atoms with Crippen molar-refractivity contribution < 1.29 is 0 Å². The fourth-order valence-electron chi connectivity index (χ4n) is 1.39. The summed E-state index contributed by atoms with van der Waals surface area (Å²) in [5, 5.41) is 0.882. The van der Waals surface area contributed by atoms with Gasteiger partial charge in [0.05, 0.1) is 0 Å². The van der Waals surface area contributed by atoms with Crippen LogP contribution in [-0.4, -0.2) is 25.5 Å². The molecule has 0 spiro atoms. The van der Waals surface area contributed by atoms with Gasteiger partial charge in [0.15, 0.2) is 0 Å². The lowest BCUT2D eigenvalue weighted by molar-refractivity contribution is 0.400. The molecule has 0 aliphatic carbocycles. The van der Waals surface area contributed by atoms with Gasteiger partial charge in [0.25, 0.3) is 0 Å². The molecule has 1 aromatic carbocycles. The standard InChI is InChI=1S/C12H18ClN/c1-10-6-7-11(9-12(10)13)5-4-8-14(2)3/h6-7,9H,4-5,8H2,1-3H3. The van der Waals surface area contributed by atoms with Crippen molar-refractivity contribution >= 4 is 11.6 Å². The number of aryl methyl sites for hydroxylation is 2. The average molecular weight is 212 g/mol. The number of hydrogen-bond donors (Lipinski definition) is 0. The molecular weight excluding hydrogens is 194 g/mol. The zero-order chi connectivity index (χ0) is 10.6. The van der Waals surface area contributed by atoms with E-state index in [2.05, 4.69) is 37.2 Å². The molecule has 1 aromatic rings. The van der Waals surface area contributed by atoms with Crippen molar-refractivity contribution in [2.75, 3.05) is 20.6 Å². The van der Waals surface area contributed by atoms with Gasteiger partial charge in [-0.05, 0) is 57.6 Å². The molecule has 0 saturated carbocycles. The smallest absolute Gasteiger partial charge is 0.0437 e. The van der Waals surface area contributed by atoms with Crippen LogP contribution in [-0.2, 0) is 6.42 Å². The highest BCUT2D eigenvalue weighted by molar-refractivity contribution is 6.31. The van der Waals surface area contributed by atoms with Crippen LogP contribution in [0.5, 0.6) is 0 Å². The highest BCUT2D eigenvalue weighted by atomic mass is 35.5. The Morgan fingerprint density at radius 1 is 1.29 bits per heavy atom. The molecule has 0 saturated heterocycles. The zero-order valence-corrected chi connectivity index (χ0v) is 9.93. The van der Waals surface area contributed by atoms with Gasteiger partial charge in [0, 0.05) is 5.02 Å². The van der Waals surface area contributed by atoms with E-state index in [-0.39, 0.29) is 0 Å². The molecule has 0 heterocycles. The maximum absolute atomic E-state index is 6.04. The van der Waals surface area contributed by atoms with Crippen molar-refractivity contribution in [2.45, 2.75) is 19.8 Å². The predicted molar refractivity (Wildman–Crippen MR) is 63.1 cm³/mol. The first-order valence-electron chi connectivity index (χ1n) is 4.99. The molecule has 0 fully saturated rings. The monoisotopic (exact) mass is 211 g/mol. The first-order valence-corrected chi connectivity index (χ1v) is 5.37. The molecule has 0 aromatic heterocycles. The van der Waals surface area contributed by atoms with E-state index < -0.39 is 0 Å². The predicted octanol–water partition coefficient (Wildman–Crippen LogP) is 3.14. The van der Waals surface area contributed by atoms with E-state index in [4.69, 9.17) is 11.6 Å². The summed E-state index contributed by atoms with van der Waals surface area (Å²) >= 11 is 6.04. The molecule has 2 heteroatoms. The largest absolute Gasteiger partial charge is 0.309 e. The summed E-state index contributed by atoms with van der Waals surface area (Å²) in [5.41, 5.74) is 2.49. The Kier molecular flexibility index (Phi) is 4.43. The minimum Gasteiger partial charge on any atom is -0.309 e. The molecule has 78 valence electrons. The lowest BCUT2D eigenvalue weighted by atomic mass is 10.1. The second kappa shape index (κ2) is 5.38. The van der Waals surface area contributed by atoms with Gasteiger partial charge >= 0.3 is 0 Å². The lowest BCUT2D eigenvalue weighted by Gasteiger charge is -2.09. The number of halogens is 1. The maximum atomic E-state index is 6.04. The number of nitrogens with zero attached hydrogens (tertiary/aromatic N) is 1. The fraction of sp³-hybridized carbons (Fsp3) is 0.500. The highest BCUT2D eigenvalue weighted by Crippen LogP contribution is 2.17. The van der Waals surface area contributed by atoms with Gasteiger partial charge in [-0.1, -0.05) is 23.7 Å². The van der Waals surface area contributed by atoms with E-state index in [1.54, 1.807) is 0 Å². The summed E-state index contributed by atoms with van der Waals surface area (Å²) in [6.07, 6.45) is 2.30. The third-order valence-corrected chi connectivity index (χ3v) is 2.71. The Morgan fingerprint density at radius 2 is 2.00 bits per heavy atom. The fourth-order valence-corrected chi connectivity index (χ4v) is 1.59. The molecule has 0 aliphatic rings. The molecule has 0 atom stereocenters. The summed E-state index contributed by atoms with van der Waals surface area (Å²) in [7, 11) is 4.20. The van der Waals surface area contributed by atoms with Gasteiger partial charge < -0.3 is 4.90 Å². The summed E-state index contributed by atoms with van der Waals surface area (Å²) in [6.45, 7) is 3.16. The second-order valence-corrected chi connectivity index (χ2v) is 4.40. The third kappa shape index (κ3) is 3.69. The normalized spacial score (nSPS) is 10.9. The molecule has 1 rings (SSSR count). The van der Waals surface area contributed by atoms with E-state index in [1.165, 1.54) is 12.0 Å². The van der Waals surface area contributed by atoms with E-state index in [0.29, 0.717) is 0 Å².